The number of hydrogen-bond acceptors (Lipinski definition) is 1. The van der Waals surface area contributed by atoms with Gasteiger partial charge in [0.25, 0.3) is 0 Å². The third kappa shape index (κ3) is 11.4. The second-order valence-electron chi connectivity index (χ2n) is 19.0. The Labute approximate surface area is 461 Å². The molecule has 0 bridgehead atoms. The molecule has 0 aliphatic heterocycles. The van der Waals surface area contributed by atoms with Crippen LogP contribution in [-0.4, -0.2) is 9.13 Å². The zero-order valence-corrected chi connectivity index (χ0v) is 44.9. The van der Waals surface area contributed by atoms with Crippen LogP contribution in [0, 0.1) is 12.8 Å². The zero-order valence-electron chi connectivity index (χ0n) is 44.9. The minimum atomic E-state index is 0.694. The fourth-order valence-corrected chi connectivity index (χ4v) is 10.4. The average molecular weight is 1010 g/mol. The van der Waals surface area contributed by atoms with E-state index in [4.69, 9.17) is 0 Å². The van der Waals surface area contributed by atoms with Crippen LogP contribution in [0.3, 0.4) is 0 Å². The molecule has 0 atom stereocenters. The van der Waals surface area contributed by atoms with Crippen molar-refractivity contribution in [2.24, 2.45) is 0 Å². The van der Waals surface area contributed by atoms with Gasteiger partial charge < -0.3 is 14.0 Å². The molecule has 78 heavy (non-hydrogen) atoms. The SMILES string of the molecule is C#C.C=C/C=C(\C=C/C)c1ccc2c(c1)c1cc(-c3ccccc3)ccc1n2C/C=C\C(=C/C)N(c1ccccc1)c1ccc(-n2c3ccc(C(=C)C)cc3c3cc(-c4ccccc4)ccc32)cc1.C=CCc1ccccc1. The molecule has 0 spiro atoms. The maximum atomic E-state index is 4.27. The fraction of sp³-hybridized carbons (Fsp3) is 0.0667. The number of hydrogen-bond donors (Lipinski definition) is 0. The van der Waals surface area contributed by atoms with Crippen LogP contribution >= 0.6 is 0 Å². The van der Waals surface area contributed by atoms with Crippen LogP contribution in [0.1, 0.15) is 37.5 Å². The molecule has 0 amide bonds. The van der Waals surface area contributed by atoms with Crippen LogP contribution in [0.15, 0.2) is 292 Å². The number of terminal acetylenes is 1. The van der Waals surface area contributed by atoms with E-state index < -0.39 is 0 Å². The highest BCUT2D eigenvalue weighted by Crippen LogP contribution is 2.39. The molecule has 0 saturated carbocycles. The summed E-state index contributed by atoms with van der Waals surface area (Å²) >= 11 is 0. The lowest BCUT2D eigenvalue weighted by Gasteiger charge is -2.26. The summed E-state index contributed by atoms with van der Waals surface area (Å²) < 4.78 is 4.83. The summed E-state index contributed by atoms with van der Waals surface area (Å²) in [6.45, 7) is 18.9. The highest BCUT2D eigenvalue weighted by molar-refractivity contribution is 6.12. The van der Waals surface area contributed by atoms with Crippen molar-refractivity contribution in [2.45, 2.75) is 33.7 Å². The van der Waals surface area contributed by atoms with E-state index in [2.05, 4.69) is 304 Å². The van der Waals surface area contributed by atoms with E-state index in [1.54, 1.807) is 0 Å². The van der Waals surface area contributed by atoms with Crippen molar-refractivity contribution in [1.29, 1.82) is 0 Å². The predicted octanol–water partition coefficient (Wildman–Crippen LogP) is 20.4. The third-order valence-electron chi connectivity index (χ3n) is 14.0. The number of anilines is 2. The first-order chi connectivity index (χ1) is 38.4. The molecule has 9 aromatic carbocycles. The van der Waals surface area contributed by atoms with Crippen molar-refractivity contribution in [1.82, 2.24) is 9.13 Å². The highest BCUT2D eigenvalue weighted by Gasteiger charge is 2.18. The van der Waals surface area contributed by atoms with E-state index in [0.717, 1.165) is 51.5 Å². The summed E-state index contributed by atoms with van der Waals surface area (Å²) in [6, 6.07) is 78.5. The van der Waals surface area contributed by atoms with Crippen LogP contribution in [0.25, 0.3) is 82.7 Å². The van der Waals surface area contributed by atoms with E-state index >= 15 is 0 Å². The largest absolute Gasteiger partial charge is 0.337 e. The Morgan fingerprint density at radius 1 is 0.513 bits per heavy atom. The molecule has 11 aromatic rings. The molecule has 0 saturated heterocycles. The van der Waals surface area contributed by atoms with Gasteiger partial charge in [-0.15, -0.1) is 19.4 Å². The van der Waals surface area contributed by atoms with Crippen molar-refractivity contribution in [3.05, 3.63) is 309 Å². The Kier molecular flexibility index (Phi) is 17.0. The second-order valence-corrected chi connectivity index (χ2v) is 19.0. The minimum absolute atomic E-state index is 0.694. The number of aromatic nitrogens is 2. The maximum absolute atomic E-state index is 4.27. The summed E-state index contributed by atoms with van der Waals surface area (Å²) in [7, 11) is 0. The Hall–Kier alpha value is -9.88. The van der Waals surface area contributed by atoms with E-state index in [1.165, 1.54) is 71.4 Å². The van der Waals surface area contributed by atoms with Gasteiger partial charge >= 0.3 is 0 Å². The fourth-order valence-electron chi connectivity index (χ4n) is 10.4. The van der Waals surface area contributed by atoms with Gasteiger partial charge in [0, 0.05) is 61.9 Å². The quantitative estimate of drug-likeness (QED) is 0.0567. The molecule has 0 unspecified atom stereocenters. The van der Waals surface area contributed by atoms with Gasteiger partial charge in [-0.3, -0.25) is 0 Å². The first-order valence-corrected chi connectivity index (χ1v) is 26.5. The first-order valence-electron chi connectivity index (χ1n) is 26.5. The van der Waals surface area contributed by atoms with Crippen LogP contribution < -0.4 is 4.90 Å². The summed E-state index contributed by atoms with van der Waals surface area (Å²) in [5, 5.41) is 4.90. The van der Waals surface area contributed by atoms with Crippen molar-refractivity contribution < 1.29 is 0 Å². The van der Waals surface area contributed by atoms with Crippen molar-refractivity contribution in [3.8, 4) is 40.8 Å². The summed E-state index contributed by atoms with van der Waals surface area (Å²) in [6.07, 6.45) is 25.8. The molecule has 0 N–H and O–H groups in total. The second kappa shape index (κ2) is 25.1. The molecule has 3 nitrogen and oxygen atoms in total. The molecule has 380 valence electrons. The lowest BCUT2D eigenvalue weighted by molar-refractivity contribution is 0.897. The van der Waals surface area contributed by atoms with Crippen LogP contribution in [0.4, 0.5) is 11.4 Å². The van der Waals surface area contributed by atoms with Gasteiger partial charge in [0.2, 0.25) is 0 Å². The Bertz CT molecular complexity index is 4030. The van der Waals surface area contributed by atoms with E-state index in [-0.39, 0.29) is 0 Å². The molecule has 0 aliphatic rings. The van der Waals surface area contributed by atoms with Gasteiger partial charge in [0.05, 0.1) is 11.0 Å². The number of rotatable bonds is 15. The third-order valence-corrected chi connectivity index (χ3v) is 14.0. The summed E-state index contributed by atoms with van der Waals surface area (Å²) in [4.78, 5) is 2.34. The predicted molar refractivity (Wildman–Crippen MR) is 341 cm³/mol. The number of para-hydroxylation sites is 1. The Balaban J connectivity index is 0.000000607. The number of benzene rings is 9. The van der Waals surface area contributed by atoms with Gasteiger partial charge in [0.1, 0.15) is 0 Å². The Morgan fingerprint density at radius 3 is 1.56 bits per heavy atom. The summed E-state index contributed by atoms with van der Waals surface area (Å²) in [5.41, 5.74) is 19.7. The van der Waals surface area contributed by atoms with E-state index in [9.17, 15) is 0 Å². The molecule has 3 heteroatoms. The van der Waals surface area contributed by atoms with E-state index in [0.29, 0.717) is 6.54 Å². The van der Waals surface area contributed by atoms with Crippen LogP contribution in [-0.2, 0) is 13.0 Å². The minimum Gasteiger partial charge on any atom is -0.337 e. The first kappa shape index (κ1) is 53.0. The maximum Gasteiger partial charge on any atom is 0.0541 e. The topological polar surface area (TPSA) is 13.1 Å². The summed E-state index contributed by atoms with van der Waals surface area (Å²) in [5.74, 6) is 0. The van der Waals surface area contributed by atoms with Gasteiger partial charge in [-0.25, -0.2) is 0 Å². The van der Waals surface area contributed by atoms with Gasteiger partial charge in [0.15, 0.2) is 0 Å². The molecule has 2 heterocycles. The van der Waals surface area contributed by atoms with Crippen molar-refractivity contribution in [3.63, 3.8) is 0 Å². The van der Waals surface area contributed by atoms with Gasteiger partial charge in [-0.1, -0.05) is 195 Å². The van der Waals surface area contributed by atoms with Crippen LogP contribution in [0.2, 0.25) is 0 Å². The van der Waals surface area contributed by atoms with E-state index in [1.807, 2.05) is 30.4 Å². The van der Waals surface area contributed by atoms with Crippen molar-refractivity contribution in [2.75, 3.05) is 4.90 Å². The molecule has 0 fully saturated rings. The standard InChI is InChI=1S/C64H53N3.C9H10.C2H2/c1-6-19-46(20-7-2)50-29-36-61-57(42-50)58-43-51(47-21-12-9-13-22-47)30-37-62(58)65(61)40-18-27-53(8-3)66(54-25-16-11-17-26-54)55-32-34-56(35-33-55)67-63-38-28-49(45(4)5)41-59(63)60-44-52(31-39-64(60)67)48-23-14-10-15-24-48;1-2-6-9-7-4-3-5-8-9;1-2/h6-39,41-44H,1,4,40H2,2-3,5H3;2-5,7-8H,1,6H2;1-2H/b20-7-,27-18-,46-19+,53-8+;;. The van der Waals surface area contributed by atoms with Gasteiger partial charge in [-0.05, 0) is 163 Å². The number of fused-ring (bicyclic) bond motifs is 6. The molecule has 0 radical (unpaired) electrons. The van der Waals surface area contributed by atoms with Crippen LogP contribution in [0.5, 0.6) is 0 Å². The molecular formula is C75H65N3. The lowest BCUT2D eigenvalue weighted by atomic mass is 10.00. The van der Waals surface area contributed by atoms with Gasteiger partial charge in [-0.2, -0.15) is 0 Å². The average Bonchev–Trinajstić information content (AvgIpc) is 4.21. The molecule has 11 rings (SSSR count). The molecular weight excluding hydrogens is 943 g/mol. The number of allylic oxidation sites excluding steroid dienone is 10. The monoisotopic (exact) mass is 1010 g/mol. The smallest absolute Gasteiger partial charge is 0.0541 e. The number of nitrogens with zero attached hydrogens (tertiary/aromatic N) is 3. The Morgan fingerprint density at radius 2 is 1.00 bits per heavy atom. The molecule has 2 aromatic heterocycles. The lowest BCUT2D eigenvalue weighted by Crippen LogP contribution is -2.15. The zero-order chi connectivity index (χ0) is 54.4. The van der Waals surface area contributed by atoms with Crippen molar-refractivity contribution >= 4 is 66.1 Å². The highest BCUT2D eigenvalue weighted by atomic mass is 15.1. The normalized spacial score (nSPS) is 11.7. The molecule has 0 aliphatic carbocycles.